The Labute approximate surface area is 134 Å². The van der Waals surface area contributed by atoms with Crippen LogP contribution >= 0.6 is 11.6 Å². The summed E-state index contributed by atoms with van der Waals surface area (Å²) in [4.78, 5) is 0. The van der Waals surface area contributed by atoms with Crippen molar-refractivity contribution in [2.24, 2.45) is 0 Å². The lowest BCUT2D eigenvalue weighted by Crippen LogP contribution is -2.08. The van der Waals surface area contributed by atoms with Crippen LogP contribution in [0.4, 0.5) is 5.69 Å². The maximum atomic E-state index is 6.14. The van der Waals surface area contributed by atoms with E-state index in [-0.39, 0.29) is 6.04 Å². The van der Waals surface area contributed by atoms with Crippen molar-refractivity contribution >= 4 is 17.3 Å². The second-order valence-corrected chi connectivity index (χ2v) is 5.50. The number of aromatic nitrogens is 2. The van der Waals surface area contributed by atoms with Gasteiger partial charge in [-0.2, -0.15) is 0 Å². The van der Waals surface area contributed by atoms with Crippen molar-refractivity contribution in [2.75, 3.05) is 5.32 Å². The molecule has 1 aromatic heterocycles. The van der Waals surface area contributed by atoms with E-state index in [0.717, 1.165) is 21.8 Å². The van der Waals surface area contributed by atoms with Crippen LogP contribution < -0.4 is 5.32 Å². The Morgan fingerprint density at radius 1 is 1.05 bits per heavy atom. The van der Waals surface area contributed by atoms with Crippen LogP contribution in [0.25, 0.3) is 11.5 Å². The van der Waals surface area contributed by atoms with Gasteiger partial charge in [0.15, 0.2) is 0 Å². The molecule has 0 radical (unpaired) electrons. The first kappa shape index (κ1) is 14.6. The van der Waals surface area contributed by atoms with Gasteiger partial charge in [-0.25, -0.2) is 0 Å². The first-order valence-electron chi connectivity index (χ1n) is 7.05. The van der Waals surface area contributed by atoms with Gasteiger partial charge in [-0.3, -0.25) is 0 Å². The predicted molar refractivity (Wildman–Crippen MR) is 88.0 cm³/mol. The van der Waals surface area contributed by atoms with E-state index in [0.29, 0.717) is 11.8 Å². The van der Waals surface area contributed by atoms with Crippen LogP contribution in [0.1, 0.15) is 24.4 Å². The zero-order chi connectivity index (χ0) is 15.5. The highest BCUT2D eigenvalue weighted by Crippen LogP contribution is 2.27. The van der Waals surface area contributed by atoms with Gasteiger partial charge in [0.25, 0.3) is 0 Å². The number of halogens is 1. The zero-order valence-corrected chi connectivity index (χ0v) is 13.1. The molecule has 2 aromatic carbocycles. The van der Waals surface area contributed by atoms with E-state index in [1.54, 1.807) is 0 Å². The molecule has 1 heterocycles. The van der Waals surface area contributed by atoms with Crippen LogP contribution in [0.5, 0.6) is 0 Å². The third-order valence-corrected chi connectivity index (χ3v) is 3.88. The predicted octanol–water partition coefficient (Wildman–Crippen LogP) is 4.87. The molecule has 0 saturated carbocycles. The molecule has 0 spiro atoms. The van der Waals surface area contributed by atoms with Gasteiger partial charge in [-0.15, -0.1) is 10.2 Å². The Bertz CT molecular complexity index is 771. The smallest absolute Gasteiger partial charge is 0.247 e. The van der Waals surface area contributed by atoms with Crippen molar-refractivity contribution in [2.45, 2.75) is 19.9 Å². The Kier molecular flexibility index (Phi) is 4.11. The normalized spacial score (nSPS) is 12.1. The van der Waals surface area contributed by atoms with Crippen molar-refractivity contribution in [3.05, 3.63) is 65.0 Å². The van der Waals surface area contributed by atoms with Crippen LogP contribution in [0.15, 0.2) is 52.9 Å². The third-order valence-electron chi connectivity index (χ3n) is 3.47. The van der Waals surface area contributed by atoms with Crippen molar-refractivity contribution in [3.63, 3.8) is 0 Å². The molecule has 22 heavy (non-hydrogen) atoms. The lowest BCUT2D eigenvalue weighted by molar-refractivity contribution is 0.485. The van der Waals surface area contributed by atoms with Crippen LogP contribution in [0.2, 0.25) is 5.02 Å². The van der Waals surface area contributed by atoms with Gasteiger partial charge in [0.1, 0.15) is 6.04 Å². The Morgan fingerprint density at radius 2 is 1.82 bits per heavy atom. The molecule has 112 valence electrons. The largest absolute Gasteiger partial charge is 0.418 e. The van der Waals surface area contributed by atoms with E-state index in [4.69, 9.17) is 16.0 Å². The molecule has 5 heteroatoms. The van der Waals surface area contributed by atoms with E-state index in [1.807, 2.05) is 62.4 Å². The molecule has 3 aromatic rings. The standard InChI is InChI=1S/C17H16ClN3O/c1-11-14(18)9-6-10-15(11)19-12(2)16-20-21-17(22-16)13-7-4-3-5-8-13/h3-10,12,19H,1-2H3/t12-/m0/s1. The molecular weight excluding hydrogens is 298 g/mol. The SMILES string of the molecule is Cc1c(Cl)cccc1N[C@@H](C)c1nnc(-c2ccccc2)o1. The highest BCUT2D eigenvalue weighted by atomic mass is 35.5. The van der Waals surface area contributed by atoms with Gasteiger partial charge in [-0.1, -0.05) is 35.9 Å². The van der Waals surface area contributed by atoms with Crippen LogP contribution in [-0.4, -0.2) is 10.2 Å². The van der Waals surface area contributed by atoms with Crippen molar-refractivity contribution in [3.8, 4) is 11.5 Å². The number of hydrogen-bond acceptors (Lipinski definition) is 4. The van der Waals surface area contributed by atoms with Crippen LogP contribution in [-0.2, 0) is 0 Å². The van der Waals surface area contributed by atoms with Gasteiger partial charge in [0.05, 0.1) is 0 Å². The van der Waals surface area contributed by atoms with Crippen molar-refractivity contribution < 1.29 is 4.42 Å². The molecule has 0 bridgehead atoms. The number of rotatable bonds is 4. The second-order valence-electron chi connectivity index (χ2n) is 5.09. The molecule has 0 fully saturated rings. The Hall–Kier alpha value is -2.33. The molecule has 4 nitrogen and oxygen atoms in total. The van der Waals surface area contributed by atoms with Crippen molar-refractivity contribution in [1.82, 2.24) is 10.2 Å². The molecule has 0 saturated heterocycles. The summed E-state index contributed by atoms with van der Waals surface area (Å²) in [6.45, 7) is 3.95. The number of nitrogens with one attached hydrogen (secondary N) is 1. The van der Waals surface area contributed by atoms with E-state index < -0.39 is 0 Å². The van der Waals surface area contributed by atoms with Gasteiger partial charge in [0, 0.05) is 16.3 Å². The lowest BCUT2D eigenvalue weighted by atomic mass is 10.2. The molecule has 3 rings (SSSR count). The minimum atomic E-state index is -0.109. The van der Waals surface area contributed by atoms with Crippen LogP contribution in [0, 0.1) is 6.92 Å². The van der Waals surface area contributed by atoms with Gasteiger partial charge < -0.3 is 9.73 Å². The minimum Gasteiger partial charge on any atom is -0.418 e. The highest BCUT2D eigenvalue weighted by molar-refractivity contribution is 6.31. The van der Waals surface area contributed by atoms with E-state index in [1.165, 1.54) is 0 Å². The molecule has 0 aliphatic heterocycles. The first-order chi connectivity index (χ1) is 10.6. The van der Waals surface area contributed by atoms with Gasteiger partial charge in [-0.05, 0) is 43.7 Å². The Morgan fingerprint density at radius 3 is 2.59 bits per heavy atom. The number of benzene rings is 2. The van der Waals surface area contributed by atoms with E-state index in [2.05, 4.69) is 15.5 Å². The summed E-state index contributed by atoms with van der Waals surface area (Å²) in [5.41, 5.74) is 2.87. The topological polar surface area (TPSA) is 51.0 Å². The molecule has 0 unspecified atom stereocenters. The minimum absolute atomic E-state index is 0.109. The molecule has 1 atom stereocenters. The summed E-state index contributed by atoms with van der Waals surface area (Å²) in [6, 6.07) is 15.4. The number of anilines is 1. The highest BCUT2D eigenvalue weighted by Gasteiger charge is 2.15. The maximum Gasteiger partial charge on any atom is 0.247 e. The molecule has 0 amide bonds. The monoisotopic (exact) mass is 313 g/mol. The summed E-state index contributed by atoms with van der Waals surface area (Å²) in [5.74, 6) is 1.06. The number of nitrogens with zero attached hydrogens (tertiary/aromatic N) is 2. The molecular formula is C17H16ClN3O. The fourth-order valence-corrected chi connectivity index (χ4v) is 2.34. The summed E-state index contributed by atoms with van der Waals surface area (Å²) < 4.78 is 5.76. The van der Waals surface area contributed by atoms with E-state index in [9.17, 15) is 0 Å². The Balaban J connectivity index is 1.80. The quantitative estimate of drug-likeness (QED) is 0.746. The van der Waals surface area contributed by atoms with Crippen LogP contribution in [0.3, 0.4) is 0 Å². The molecule has 1 N–H and O–H groups in total. The fourth-order valence-electron chi connectivity index (χ4n) is 2.17. The second kappa shape index (κ2) is 6.20. The number of hydrogen-bond donors (Lipinski definition) is 1. The average molecular weight is 314 g/mol. The summed E-state index contributed by atoms with van der Waals surface area (Å²) >= 11 is 6.14. The van der Waals surface area contributed by atoms with Gasteiger partial charge in [0.2, 0.25) is 11.8 Å². The first-order valence-corrected chi connectivity index (χ1v) is 7.43. The maximum absolute atomic E-state index is 6.14. The fraction of sp³-hybridized carbons (Fsp3) is 0.176. The average Bonchev–Trinajstić information content (AvgIpc) is 3.03. The summed E-state index contributed by atoms with van der Waals surface area (Å²) in [6.07, 6.45) is 0. The third kappa shape index (κ3) is 2.97. The lowest BCUT2D eigenvalue weighted by Gasteiger charge is -2.14. The zero-order valence-electron chi connectivity index (χ0n) is 12.4. The van der Waals surface area contributed by atoms with E-state index >= 15 is 0 Å². The van der Waals surface area contributed by atoms with Crippen molar-refractivity contribution in [1.29, 1.82) is 0 Å². The van der Waals surface area contributed by atoms with Gasteiger partial charge >= 0.3 is 0 Å². The molecule has 0 aliphatic rings. The molecule has 0 aliphatic carbocycles. The summed E-state index contributed by atoms with van der Waals surface area (Å²) in [7, 11) is 0. The summed E-state index contributed by atoms with van der Waals surface area (Å²) in [5, 5.41) is 12.3.